The molecule has 0 radical (unpaired) electrons. The van der Waals surface area contributed by atoms with Gasteiger partial charge in [-0.3, -0.25) is 10.2 Å². The van der Waals surface area contributed by atoms with Crippen LogP contribution in [0.4, 0.5) is 5.69 Å². The lowest BCUT2D eigenvalue weighted by Crippen LogP contribution is -2.11. The minimum atomic E-state index is -0.301. The molecule has 0 aliphatic heterocycles. The molecule has 5 nitrogen and oxygen atoms in total. The van der Waals surface area contributed by atoms with Gasteiger partial charge in [-0.05, 0) is 32.5 Å². The van der Waals surface area contributed by atoms with Crippen molar-refractivity contribution in [2.45, 2.75) is 26.2 Å². The standard InChI is InChI=1S/C15H17BrN4O/c1-15(2,3)11-6-4-10(5-7-11)8-17-19-12-9-18-20-14(21)13(12)16/h4-9H,1-3H3,(H2,19,20,21)/b17-8-. The number of hydrazone groups is 1. The largest absolute Gasteiger partial charge is 0.280 e. The van der Waals surface area contributed by atoms with Crippen molar-refractivity contribution < 1.29 is 0 Å². The van der Waals surface area contributed by atoms with Crippen molar-refractivity contribution in [3.05, 3.63) is 56.4 Å². The van der Waals surface area contributed by atoms with Crippen LogP contribution < -0.4 is 11.0 Å². The number of anilines is 1. The van der Waals surface area contributed by atoms with E-state index in [1.54, 1.807) is 6.21 Å². The quantitative estimate of drug-likeness (QED) is 0.660. The van der Waals surface area contributed by atoms with Gasteiger partial charge in [-0.2, -0.15) is 10.2 Å². The fourth-order valence-electron chi connectivity index (χ4n) is 1.71. The first kappa shape index (κ1) is 15.4. The zero-order chi connectivity index (χ0) is 15.5. The molecule has 1 heterocycles. The number of nitrogens with one attached hydrogen (secondary N) is 2. The number of hydrogen-bond acceptors (Lipinski definition) is 4. The van der Waals surface area contributed by atoms with Crippen LogP contribution in [0.2, 0.25) is 0 Å². The van der Waals surface area contributed by atoms with E-state index >= 15 is 0 Å². The molecule has 0 unspecified atom stereocenters. The molecule has 6 heteroatoms. The van der Waals surface area contributed by atoms with E-state index in [1.807, 2.05) is 12.1 Å². The first-order valence-corrected chi connectivity index (χ1v) is 7.30. The molecular formula is C15H17BrN4O. The summed E-state index contributed by atoms with van der Waals surface area (Å²) >= 11 is 3.18. The Morgan fingerprint density at radius 2 is 1.95 bits per heavy atom. The van der Waals surface area contributed by atoms with E-state index in [4.69, 9.17) is 0 Å². The van der Waals surface area contributed by atoms with Crippen molar-refractivity contribution in [3.63, 3.8) is 0 Å². The van der Waals surface area contributed by atoms with Gasteiger partial charge in [-0.15, -0.1) is 0 Å². The Balaban J connectivity index is 2.08. The maximum absolute atomic E-state index is 11.3. The summed E-state index contributed by atoms with van der Waals surface area (Å²) in [4.78, 5) is 11.3. The van der Waals surface area contributed by atoms with E-state index in [0.717, 1.165) is 5.56 Å². The van der Waals surface area contributed by atoms with Crippen LogP contribution in [0.5, 0.6) is 0 Å². The fraction of sp³-hybridized carbons (Fsp3) is 0.267. The number of rotatable bonds is 3. The Kier molecular flexibility index (Phi) is 4.57. The Hall–Kier alpha value is -1.95. The molecule has 2 rings (SSSR count). The third kappa shape index (κ3) is 4.01. The zero-order valence-corrected chi connectivity index (χ0v) is 13.7. The van der Waals surface area contributed by atoms with Gasteiger partial charge < -0.3 is 0 Å². The van der Waals surface area contributed by atoms with E-state index in [0.29, 0.717) is 10.2 Å². The first-order chi connectivity index (χ1) is 9.88. The average molecular weight is 349 g/mol. The highest BCUT2D eigenvalue weighted by Gasteiger charge is 2.12. The molecule has 0 atom stereocenters. The van der Waals surface area contributed by atoms with Crippen LogP contribution in [0.25, 0.3) is 0 Å². The average Bonchev–Trinajstić information content (AvgIpc) is 2.43. The summed E-state index contributed by atoms with van der Waals surface area (Å²) in [5, 5.41) is 10.1. The third-order valence-corrected chi connectivity index (χ3v) is 3.76. The van der Waals surface area contributed by atoms with Crippen LogP contribution in [0.1, 0.15) is 31.9 Å². The summed E-state index contributed by atoms with van der Waals surface area (Å²) in [6.07, 6.45) is 3.19. The molecule has 0 saturated heterocycles. The van der Waals surface area contributed by atoms with Crippen molar-refractivity contribution in [1.29, 1.82) is 0 Å². The topological polar surface area (TPSA) is 70.1 Å². The summed E-state index contributed by atoms with van der Waals surface area (Å²) in [5.74, 6) is 0. The van der Waals surface area contributed by atoms with Gasteiger partial charge >= 0.3 is 0 Å². The number of halogens is 1. The monoisotopic (exact) mass is 348 g/mol. The molecule has 1 aromatic heterocycles. The second-order valence-electron chi connectivity index (χ2n) is 5.67. The zero-order valence-electron chi connectivity index (χ0n) is 12.1. The van der Waals surface area contributed by atoms with Gasteiger partial charge in [0.15, 0.2) is 0 Å². The Bertz CT molecular complexity index is 699. The number of aromatic nitrogens is 2. The van der Waals surface area contributed by atoms with Crippen molar-refractivity contribution in [2.75, 3.05) is 5.43 Å². The van der Waals surface area contributed by atoms with E-state index in [1.165, 1.54) is 11.8 Å². The Morgan fingerprint density at radius 3 is 2.57 bits per heavy atom. The van der Waals surface area contributed by atoms with Gasteiger partial charge in [-0.1, -0.05) is 45.0 Å². The molecule has 1 aromatic carbocycles. The minimum Gasteiger partial charge on any atom is -0.275 e. The highest BCUT2D eigenvalue weighted by atomic mass is 79.9. The van der Waals surface area contributed by atoms with Gasteiger partial charge in [0.25, 0.3) is 5.56 Å². The maximum Gasteiger partial charge on any atom is 0.280 e. The molecule has 0 aliphatic rings. The van der Waals surface area contributed by atoms with E-state index in [9.17, 15) is 4.79 Å². The van der Waals surface area contributed by atoms with Crippen molar-refractivity contribution in [1.82, 2.24) is 10.2 Å². The second kappa shape index (κ2) is 6.22. The predicted molar refractivity (Wildman–Crippen MR) is 88.9 cm³/mol. The van der Waals surface area contributed by atoms with Gasteiger partial charge in [0, 0.05) is 0 Å². The molecule has 0 bridgehead atoms. The van der Waals surface area contributed by atoms with Crippen molar-refractivity contribution in [2.24, 2.45) is 5.10 Å². The van der Waals surface area contributed by atoms with E-state index in [-0.39, 0.29) is 11.0 Å². The number of nitrogens with zero attached hydrogens (tertiary/aromatic N) is 2. The lowest BCUT2D eigenvalue weighted by atomic mass is 9.87. The van der Waals surface area contributed by atoms with Crippen LogP contribution >= 0.6 is 15.9 Å². The molecular weight excluding hydrogens is 332 g/mol. The minimum absolute atomic E-state index is 0.134. The molecule has 0 saturated carbocycles. The molecule has 110 valence electrons. The summed E-state index contributed by atoms with van der Waals surface area (Å²) in [6.45, 7) is 6.53. The van der Waals surface area contributed by atoms with E-state index in [2.05, 4.69) is 69.6 Å². The number of benzene rings is 1. The van der Waals surface area contributed by atoms with Crippen LogP contribution in [0.15, 0.2) is 44.8 Å². The molecule has 0 aliphatic carbocycles. The first-order valence-electron chi connectivity index (χ1n) is 6.51. The van der Waals surface area contributed by atoms with Crippen LogP contribution in [0.3, 0.4) is 0 Å². The number of aromatic amines is 1. The maximum atomic E-state index is 11.3. The van der Waals surface area contributed by atoms with Gasteiger partial charge in [-0.25, -0.2) is 5.10 Å². The number of hydrogen-bond donors (Lipinski definition) is 2. The molecule has 0 fully saturated rings. The smallest absolute Gasteiger partial charge is 0.275 e. The summed E-state index contributed by atoms with van der Waals surface area (Å²) in [7, 11) is 0. The molecule has 2 N–H and O–H groups in total. The summed E-state index contributed by atoms with van der Waals surface area (Å²) in [6, 6.07) is 8.20. The lowest BCUT2D eigenvalue weighted by Gasteiger charge is -2.18. The summed E-state index contributed by atoms with van der Waals surface area (Å²) in [5.41, 5.74) is 5.38. The highest BCUT2D eigenvalue weighted by Crippen LogP contribution is 2.21. The van der Waals surface area contributed by atoms with Gasteiger partial charge in [0.05, 0.1) is 18.1 Å². The van der Waals surface area contributed by atoms with Crippen LogP contribution in [-0.4, -0.2) is 16.4 Å². The SMILES string of the molecule is CC(C)(C)c1ccc(/C=N\Nc2cn[nH]c(=O)c2Br)cc1. The third-order valence-electron chi connectivity index (χ3n) is 2.97. The Labute approximate surface area is 131 Å². The van der Waals surface area contributed by atoms with Crippen LogP contribution in [0, 0.1) is 0 Å². The second-order valence-corrected chi connectivity index (χ2v) is 6.46. The summed E-state index contributed by atoms with van der Waals surface area (Å²) < 4.78 is 0.373. The van der Waals surface area contributed by atoms with Gasteiger partial charge in [0.2, 0.25) is 0 Å². The molecule has 21 heavy (non-hydrogen) atoms. The normalized spacial score (nSPS) is 11.8. The highest BCUT2D eigenvalue weighted by molar-refractivity contribution is 9.10. The molecule has 2 aromatic rings. The van der Waals surface area contributed by atoms with Gasteiger partial charge in [0.1, 0.15) is 4.47 Å². The lowest BCUT2D eigenvalue weighted by molar-refractivity contribution is 0.590. The predicted octanol–water partition coefficient (Wildman–Crippen LogP) is 3.28. The van der Waals surface area contributed by atoms with Crippen molar-refractivity contribution >= 4 is 27.8 Å². The van der Waals surface area contributed by atoms with Crippen molar-refractivity contribution in [3.8, 4) is 0 Å². The molecule has 0 amide bonds. The number of H-pyrrole nitrogens is 1. The van der Waals surface area contributed by atoms with E-state index < -0.39 is 0 Å². The molecule has 0 spiro atoms. The van der Waals surface area contributed by atoms with Crippen LogP contribution in [-0.2, 0) is 5.41 Å². The Morgan fingerprint density at radius 1 is 1.29 bits per heavy atom. The fourth-order valence-corrected chi connectivity index (χ4v) is 1.99.